The molecule has 2 atom stereocenters. The van der Waals surface area contributed by atoms with Gasteiger partial charge in [0, 0.05) is 16.2 Å². The van der Waals surface area contributed by atoms with Crippen LogP contribution in [0.2, 0.25) is 5.02 Å². The van der Waals surface area contributed by atoms with Gasteiger partial charge in [-0.2, -0.15) is 0 Å². The first-order valence-electron chi connectivity index (χ1n) is 12.9. The number of esters is 3. The van der Waals surface area contributed by atoms with Gasteiger partial charge >= 0.3 is 17.9 Å². The normalized spacial score (nSPS) is 17.4. The fourth-order valence-corrected chi connectivity index (χ4v) is 5.15. The van der Waals surface area contributed by atoms with Crippen LogP contribution in [0.15, 0.2) is 96.2 Å². The Hall–Kier alpha value is -4.16. The van der Waals surface area contributed by atoms with Gasteiger partial charge in [0.25, 0.3) is 0 Å². The third-order valence-corrected chi connectivity index (χ3v) is 6.91. The molecule has 0 spiro atoms. The molecule has 8 heteroatoms. The number of carbonyl (C=O) groups excluding carboxylic acids is 3. The fraction of sp³-hybridized carbons (Fsp3) is 0.250. The summed E-state index contributed by atoms with van der Waals surface area (Å²) >= 11 is 6.33. The summed E-state index contributed by atoms with van der Waals surface area (Å²) in [5, 5.41) is 3.55. The van der Waals surface area contributed by atoms with Gasteiger partial charge in [0.2, 0.25) is 5.41 Å². The van der Waals surface area contributed by atoms with Crippen LogP contribution in [0.25, 0.3) is 5.57 Å². The van der Waals surface area contributed by atoms with E-state index >= 15 is 0 Å². The summed E-state index contributed by atoms with van der Waals surface area (Å²) in [5.74, 6) is -2.45. The first-order chi connectivity index (χ1) is 19.4. The highest BCUT2D eigenvalue weighted by molar-refractivity contribution is 6.30. The van der Waals surface area contributed by atoms with Crippen molar-refractivity contribution in [3.8, 4) is 0 Å². The van der Waals surface area contributed by atoms with Crippen LogP contribution in [-0.2, 0) is 28.6 Å². The molecule has 0 unspecified atom stereocenters. The third kappa shape index (κ3) is 5.45. The number of ether oxygens (including phenoxy) is 3. The number of methoxy groups -OCH3 is 1. The molecule has 40 heavy (non-hydrogen) atoms. The van der Waals surface area contributed by atoms with Crippen LogP contribution in [0.3, 0.4) is 0 Å². The molecule has 1 fully saturated rings. The van der Waals surface area contributed by atoms with Crippen LogP contribution in [0, 0.1) is 5.41 Å². The van der Waals surface area contributed by atoms with Crippen LogP contribution < -0.4 is 5.32 Å². The molecule has 1 saturated heterocycles. The zero-order chi connectivity index (χ0) is 28.7. The van der Waals surface area contributed by atoms with E-state index in [-0.39, 0.29) is 18.8 Å². The molecule has 1 aliphatic heterocycles. The number of benzene rings is 3. The third-order valence-electron chi connectivity index (χ3n) is 6.68. The Balaban J connectivity index is 2.19. The Kier molecular flexibility index (Phi) is 9.22. The van der Waals surface area contributed by atoms with Gasteiger partial charge in [0.05, 0.1) is 26.4 Å². The van der Waals surface area contributed by atoms with E-state index in [1.165, 1.54) is 7.11 Å². The molecule has 0 bridgehead atoms. The van der Waals surface area contributed by atoms with E-state index in [1.54, 1.807) is 38.1 Å². The van der Waals surface area contributed by atoms with Gasteiger partial charge in [-0.25, -0.2) is 4.79 Å². The lowest BCUT2D eigenvalue weighted by molar-refractivity contribution is -0.169. The van der Waals surface area contributed by atoms with Crippen molar-refractivity contribution in [1.82, 2.24) is 5.32 Å². The summed E-state index contributed by atoms with van der Waals surface area (Å²) in [7, 11) is 1.24. The minimum Gasteiger partial charge on any atom is -0.468 e. The lowest BCUT2D eigenvalue weighted by atomic mass is 9.72. The van der Waals surface area contributed by atoms with Crippen LogP contribution in [0.4, 0.5) is 0 Å². The highest BCUT2D eigenvalue weighted by atomic mass is 35.5. The second kappa shape index (κ2) is 12.8. The zero-order valence-electron chi connectivity index (χ0n) is 22.5. The van der Waals surface area contributed by atoms with Gasteiger partial charge in [-0.05, 0) is 42.7 Å². The van der Waals surface area contributed by atoms with Crippen molar-refractivity contribution >= 4 is 35.1 Å². The topological polar surface area (TPSA) is 90.9 Å². The van der Waals surface area contributed by atoms with Gasteiger partial charge in [-0.3, -0.25) is 14.9 Å². The maximum atomic E-state index is 14.1. The predicted molar refractivity (Wildman–Crippen MR) is 151 cm³/mol. The molecule has 3 aromatic carbocycles. The number of hydrogen-bond acceptors (Lipinski definition) is 7. The van der Waals surface area contributed by atoms with Crippen molar-refractivity contribution in [2.75, 3.05) is 20.3 Å². The minimum absolute atomic E-state index is 0.00757. The van der Waals surface area contributed by atoms with E-state index in [9.17, 15) is 14.4 Å². The summed E-state index contributed by atoms with van der Waals surface area (Å²) in [5.41, 5.74) is 3.82. The predicted octanol–water partition coefficient (Wildman–Crippen LogP) is 5.30. The number of hydrogen-bond donors (Lipinski definition) is 1. The highest BCUT2D eigenvalue weighted by Gasteiger charge is 2.66. The van der Waals surface area contributed by atoms with Crippen LogP contribution in [-0.4, -0.2) is 44.3 Å². The molecule has 1 aliphatic rings. The van der Waals surface area contributed by atoms with Crippen molar-refractivity contribution in [2.24, 2.45) is 5.41 Å². The molecule has 4 rings (SSSR count). The van der Waals surface area contributed by atoms with Gasteiger partial charge in [0.15, 0.2) is 0 Å². The van der Waals surface area contributed by atoms with E-state index in [0.29, 0.717) is 16.2 Å². The van der Waals surface area contributed by atoms with Crippen molar-refractivity contribution in [3.05, 3.63) is 118 Å². The van der Waals surface area contributed by atoms with Gasteiger partial charge < -0.3 is 14.2 Å². The summed E-state index contributed by atoms with van der Waals surface area (Å²) in [4.78, 5) is 41.4. The molecular weight excluding hydrogens is 530 g/mol. The van der Waals surface area contributed by atoms with Crippen molar-refractivity contribution in [2.45, 2.75) is 25.9 Å². The number of carbonyl (C=O) groups is 3. The number of rotatable bonds is 8. The molecule has 3 aromatic rings. The standard InChI is InChI=1S/C32H30ClNO6/c1-4-39-30(36)32(31(37)40-5-2)26(20-25(21-13-8-6-9-14-21)22-15-10-7-11-16-22)27(29(35)38-3)34-28(32)23-17-12-18-24(33)19-23/h6-19,27-28,34H,4-5H2,1-3H3/t27-,28-/m1/s1. The first-order valence-corrected chi connectivity index (χ1v) is 13.3. The first kappa shape index (κ1) is 28.8. The SMILES string of the molecule is CCOC(=O)C1(C(=O)OCC)C(=C=C(c2ccccc2)c2ccccc2)[C@H](C(=O)OC)N[C@@H]1c1cccc(Cl)c1. The lowest BCUT2D eigenvalue weighted by Gasteiger charge is -2.31. The van der Waals surface area contributed by atoms with Crippen molar-refractivity contribution in [3.63, 3.8) is 0 Å². The van der Waals surface area contributed by atoms with Crippen molar-refractivity contribution < 1.29 is 28.6 Å². The Bertz CT molecular complexity index is 1390. The monoisotopic (exact) mass is 559 g/mol. The average Bonchev–Trinajstić information content (AvgIpc) is 3.32. The second-order valence-corrected chi connectivity index (χ2v) is 9.44. The Morgan fingerprint density at radius 2 is 1.40 bits per heavy atom. The Labute approximate surface area is 238 Å². The van der Waals surface area contributed by atoms with E-state index in [1.807, 2.05) is 60.7 Å². The Morgan fingerprint density at radius 3 is 1.88 bits per heavy atom. The molecule has 1 N–H and O–H groups in total. The van der Waals surface area contributed by atoms with Gasteiger partial charge in [-0.15, -0.1) is 5.73 Å². The quantitative estimate of drug-likeness (QED) is 0.173. The van der Waals surface area contributed by atoms with Crippen molar-refractivity contribution in [1.29, 1.82) is 0 Å². The smallest absolute Gasteiger partial charge is 0.330 e. The minimum atomic E-state index is -2.12. The maximum absolute atomic E-state index is 14.1. The molecule has 0 aliphatic carbocycles. The van der Waals surface area contributed by atoms with E-state index in [4.69, 9.17) is 25.8 Å². The van der Waals surface area contributed by atoms with Gasteiger partial charge in [-0.1, -0.05) is 84.4 Å². The van der Waals surface area contributed by atoms with E-state index < -0.39 is 35.4 Å². The van der Waals surface area contributed by atoms with Gasteiger partial charge in [0.1, 0.15) is 6.04 Å². The summed E-state index contributed by atoms with van der Waals surface area (Å²) in [6.07, 6.45) is 0. The lowest BCUT2D eigenvalue weighted by Crippen LogP contribution is -2.47. The summed E-state index contributed by atoms with van der Waals surface area (Å²) in [6, 6.07) is 23.2. The molecular formula is C32H30ClNO6. The number of nitrogens with one attached hydrogen (secondary N) is 1. The van der Waals surface area contributed by atoms with Crippen LogP contribution in [0.1, 0.15) is 36.6 Å². The molecule has 0 aromatic heterocycles. The highest BCUT2D eigenvalue weighted by Crippen LogP contribution is 2.50. The molecule has 1 heterocycles. The number of halogens is 1. The Morgan fingerprint density at radius 1 is 0.850 bits per heavy atom. The molecule has 0 saturated carbocycles. The molecule has 206 valence electrons. The summed E-state index contributed by atoms with van der Waals surface area (Å²) < 4.78 is 16.2. The molecule has 0 radical (unpaired) electrons. The van der Waals surface area contributed by atoms with E-state index in [0.717, 1.165) is 11.1 Å². The second-order valence-electron chi connectivity index (χ2n) is 9.01. The van der Waals surface area contributed by atoms with E-state index in [2.05, 4.69) is 11.0 Å². The summed E-state index contributed by atoms with van der Waals surface area (Å²) in [6.45, 7) is 3.27. The average molecular weight is 560 g/mol. The van der Waals surface area contributed by atoms with Crippen LogP contribution >= 0.6 is 11.6 Å². The molecule has 7 nitrogen and oxygen atoms in total. The maximum Gasteiger partial charge on any atom is 0.330 e. The fourth-order valence-electron chi connectivity index (χ4n) is 4.95. The largest absolute Gasteiger partial charge is 0.468 e. The zero-order valence-corrected chi connectivity index (χ0v) is 23.2. The molecule has 0 amide bonds. The van der Waals surface area contributed by atoms with Crippen LogP contribution in [0.5, 0.6) is 0 Å².